The number of ether oxygens (including phenoxy) is 2. The first kappa shape index (κ1) is 20.6. The SMILES string of the molecule is CCOc1cc(/C=N\Nc2cccc(C(=O)O)c2)ccc1OC(=O)c1ccccc1. The van der Waals surface area contributed by atoms with E-state index in [0.717, 1.165) is 0 Å². The van der Waals surface area contributed by atoms with Crippen LogP contribution < -0.4 is 14.9 Å². The predicted octanol–water partition coefficient (Wildman–Crippen LogP) is 4.45. The van der Waals surface area contributed by atoms with Crippen molar-refractivity contribution in [1.29, 1.82) is 0 Å². The molecule has 0 saturated carbocycles. The number of aromatic carboxylic acids is 1. The number of rotatable bonds is 8. The molecule has 0 unspecified atom stereocenters. The number of benzene rings is 3. The maximum atomic E-state index is 12.3. The van der Waals surface area contributed by atoms with Crippen LogP contribution in [0, 0.1) is 0 Å². The smallest absolute Gasteiger partial charge is 0.343 e. The van der Waals surface area contributed by atoms with Crippen LogP contribution >= 0.6 is 0 Å². The maximum absolute atomic E-state index is 12.3. The first-order valence-electron chi connectivity index (χ1n) is 9.23. The average Bonchev–Trinajstić information content (AvgIpc) is 2.76. The molecule has 3 aromatic carbocycles. The topological polar surface area (TPSA) is 97.2 Å². The number of hydrogen-bond donors (Lipinski definition) is 2. The Kier molecular flexibility index (Phi) is 6.78. The molecule has 0 aliphatic carbocycles. The highest BCUT2D eigenvalue weighted by Gasteiger charge is 2.13. The van der Waals surface area contributed by atoms with Crippen molar-refractivity contribution in [1.82, 2.24) is 0 Å². The van der Waals surface area contributed by atoms with Crippen LogP contribution in [0.15, 0.2) is 77.9 Å². The van der Waals surface area contributed by atoms with Gasteiger partial charge in [-0.1, -0.05) is 24.3 Å². The number of hydrazone groups is 1. The van der Waals surface area contributed by atoms with E-state index in [2.05, 4.69) is 10.5 Å². The predicted molar refractivity (Wildman–Crippen MR) is 114 cm³/mol. The number of nitrogens with zero attached hydrogens (tertiary/aromatic N) is 1. The monoisotopic (exact) mass is 404 g/mol. The van der Waals surface area contributed by atoms with E-state index < -0.39 is 11.9 Å². The van der Waals surface area contributed by atoms with Crippen molar-refractivity contribution in [3.05, 3.63) is 89.5 Å². The molecule has 0 amide bonds. The molecule has 0 atom stereocenters. The average molecular weight is 404 g/mol. The lowest BCUT2D eigenvalue weighted by molar-refractivity contribution is 0.0694. The summed E-state index contributed by atoms with van der Waals surface area (Å²) in [5.74, 6) is -0.758. The zero-order valence-electron chi connectivity index (χ0n) is 16.2. The normalized spacial score (nSPS) is 10.6. The summed E-state index contributed by atoms with van der Waals surface area (Å²) < 4.78 is 11.1. The summed E-state index contributed by atoms with van der Waals surface area (Å²) in [6.07, 6.45) is 1.55. The van der Waals surface area contributed by atoms with Gasteiger partial charge in [-0.3, -0.25) is 5.43 Å². The van der Waals surface area contributed by atoms with Gasteiger partial charge in [0, 0.05) is 0 Å². The van der Waals surface area contributed by atoms with Gasteiger partial charge in [0.05, 0.1) is 29.6 Å². The zero-order chi connectivity index (χ0) is 21.3. The first-order valence-corrected chi connectivity index (χ1v) is 9.23. The van der Waals surface area contributed by atoms with Crippen LogP contribution in [0.25, 0.3) is 0 Å². The van der Waals surface area contributed by atoms with Gasteiger partial charge in [0.25, 0.3) is 0 Å². The van der Waals surface area contributed by atoms with Crippen molar-refractivity contribution in [2.24, 2.45) is 5.10 Å². The molecular weight excluding hydrogens is 384 g/mol. The van der Waals surface area contributed by atoms with E-state index >= 15 is 0 Å². The highest BCUT2D eigenvalue weighted by molar-refractivity contribution is 5.91. The molecule has 0 bridgehead atoms. The van der Waals surface area contributed by atoms with E-state index in [1.165, 1.54) is 12.1 Å². The largest absolute Gasteiger partial charge is 0.490 e. The van der Waals surface area contributed by atoms with Gasteiger partial charge in [0.2, 0.25) is 0 Å². The molecule has 152 valence electrons. The van der Waals surface area contributed by atoms with E-state index in [0.29, 0.717) is 34.9 Å². The second kappa shape index (κ2) is 9.88. The maximum Gasteiger partial charge on any atom is 0.343 e. The number of esters is 1. The van der Waals surface area contributed by atoms with Gasteiger partial charge in [-0.15, -0.1) is 0 Å². The van der Waals surface area contributed by atoms with Gasteiger partial charge in [-0.2, -0.15) is 5.10 Å². The number of hydrogen-bond acceptors (Lipinski definition) is 6. The third-order valence-corrected chi connectivity index (χ3v) is 4.00. The standard InChI is InChI=1S/C23H20N2O5/c1-2-29-21-13-16(15-24-25-19-10-6-9-18(14-19)22(26)27)11-12-20(21)30-23(28)17-7-4-3-5-8-17/h3-15,25H,2H2,1H3,(H,26,27)/b24-15-. The van der Waals surface area contributed by atoms with Crippen molar-refractivity contribution in [2.45, 2.75) is 6.92 Å². The Morgan fingerprint density at radius 2 is 1.73 bits per heavy atom. The Labute approximate surface area is 173 Å². The molecular formula is C23H20N2O5. The van der Waals surface area contributed by atoms with Crippen LogP contribution in [0.3, 0.4) is 0 Å². The van der Waals surface area contributed by atoms with Crippen LogP contribution in [0.4, 0.5) is 5.69 Å². The van der Waals surface area contributed by atoms with E-state index in [1.54, 1.807) is 60.8 Å². The Balaban J connectivity index is 1.72. The van der Waals surface area contributed by atoms with Crippen LogP contribution in [0.2, 0.25) is 0 Å². The van der Waals surface area contributed by atoms with Crippen molar-refractivity contribution >= 4 is 23.8 Å². The number of anilines is 1. The number of carboxylic acid groups (broad SMARTS) is 1. The van der Waals surface area contributed by atoms with Crippen LogP contribution in [0.5, 0.6) is 11.5 Å². The summed E-state index contributed by atoms with van der Waals surface area (Å²) in [5.41, 5.74) is 4.65. The number of carbonyl (C=O) groups is 2. The molecule has 30 heavy (non-hydrogen) atoms. The molecule has 3 rings (SSSR count). The molecule has 0 aliphatic rings. The van der Waals surface area contributed by atoms with Crippen molar-refractivity contribution in [2.75, 3.05) is 12.0 Å². The second-order valence-electron chi connectivity index (χ2n) is 6.15. The summed E-state index contributed by atoms with van der Waals surface area (Å²) in [5, 5.41) is 13.2. The summed E-state index contributed by atoms with van der Waals surface area (Å²) >= 11 is 0. The van der Waals surface area contributed by atoms with Gasteiger partial charge in [-0.25, -0.2) is 9.59 Å². The van der Waals surface area contributed by atoms with Crippen LogP contribution in [0.1, 0.15) is 33.2 Å². The fraction of sp³-hybridized carbons (Fsp3) is 0.0870. The van der Waals surface area contributed by atoms with Crippen LogP contribution in [-0.2, 0) is 0 Å². The number of carbonyl (C=O) groups excluding carboxylic acids is 1. The molecule has 0 fully saturated rings. The third-order valence-electron chi connectivity index (χ3n) is 4.00. The number of carboxylic acids is 1. The van der Waals surface area contributed by atoms with E-state index in [1.807, 2.05) is 13.0 Å². The highest BCUT2D eigenvalue weighted by Crippen LogP contribution is 2.29. The summed E-state index contributed by atoms with van der Waals surface area (Å²) in [6.45, 7) is 2.23. The first-order chi connectivity index (χ1) is 14.6. The van der Waals surface area contributed by atoms with E-state index in [-0.39, 0.29) is 5.56 Å². The molecule has 0 radical (unpaired) electrons. The van der Waals surface area contributed by atoms with Gasteiger partial charge in [0.1, 0.15) is 0 Å². The molecule has 2 N–H and O–H groups in total. The third kappa shape index (κ3) is 5.45. The van der Waals surface area contributed by atoms with Crippen molar-refractivity contribution in [3.63, 3.8) is 0 Å². The van der Waals surface area contributed by atoms with Crippen molar-refractivity contribution < 1.29 is 24.2 Å². The van der Waals surface area contributed by atoms with Crippen molar-refractivity contribution in [3.8, 4) is 11.5 Å². The van der Waals surface area contributed by atoms with Gasteiger partial charge < -0.3 is 14.6 Å². The molecule has 3 aromatic rings. The fourth-order valence-electron chi connectivity index (χ4n) is 2.59. The molecule has 0 saturated heterocycles. The Morgan fingerprint density at radius 1 is 0.967 bits per heavy atom. The van der Waals surface area contributed by atoms with Gasteiger partial charge >= 0.3 is 11.9 Å². The minimum Gasteiger partial charge on any atom is -0.490 e. The fourth-order valence-corrected chi connectivity index (χ4v) is 2.59. The number of nitrogens with one attached hydrogen (secondary N) is 1. The second-order valence-corrected chi connectivity index (χ2v) is 6.15. The molecule has 7 nitrogen and oxygen atoms in total. The van der Waals surface area contributed by atoms with Gasteiger partial charge in [-0.05, 0) is 61.0 Å². The molecule has 0 aromatic heterocycles. The molecule has 0 aliphatic heterocycles. The summed E-state index contributed by atoms with van der Waals surface area (Å²) in [4.78, 5) is 23.3. The lowest BCUT2D eigenvalue weighted by atomic mass is 10.2. The minimum absolute atomic E-state index is 0.165. The van der Waals surface area contributed by atoms with E-state index in [9.17, 15) is 9.59 Å². The minimum atomic E-state index is -1.01. The van der Waals surface area contributed by atoms with Gasteiger partial charge in [0.15, 0.2) is 11.5 Å². The van der Waals surface area contributed by atoms with E-state index in [4.69, 9.17) is 14.6 Å². The summed E-state index contributed by atoms with van der Waals surface area (Å²) in [7, 11) is 0. The Hall–Kier alpha value is -4.13. The highest BCUT2D eigenvalue weighted by atomic mass is 16.6. The van der Waals surface area contributed by atoms with Crippen LogP contribution in [-0.4, -0.2) is 29.9 Å². The summed E-state index contributed by atoms with van der Waals surface area (Å²) in [6, 6.07) is 20.1. The Morgan fingerprint density at radius 3 is 2.47 bits per heavy atom. The zero-order valence-corrected chi connectivity index (χ0v) is 16.2. The quantitative estimate of drug-likeness (QED) is 0.249. The lowest BCUT2D eigenvalue weighted by Gasteiger charge is -2.11. The molecule has 7 heteroatoms. The molecule has 0 heterocycles. The molecule has 0 spiro atoms. The lowest BCUT2D eigenvalue weighted by Crippen LogP contribution is -2.09. The Bertz CT molecular complexity index is 1060.